The zero-order valence-corrected chi connectivity index (χ0v) is 12.1. The van der Waals surface area contributed by atoms with Crippen molar-refractivity contribution in [2.24, 2.45) is 0 Å². The molecule has 3 rings (SSSR count). The molecular weight excluding hydrogens is 266 g/mol. The Morgan fingerprint density at radius 1 is 1.24 bits per heavy atom. The van der Waals surface area contributed by atoms with E-state index < -0.39 is 0 Å². The molecule has 1 aromatic carbocycles. The number of rotatable bonds is 2. The van der Waals surface area contributed by atoms with E-state index in [-0.39, 0.29) is 17.9 Å². The van der Waals surface area contributed by atoms with Crippen LogP contribution >= 0.6 is 0 Å². The van der Waals surface area contributed by atoms with Crippen LogP contribution in [0.3, 0.4) is 0 Å². The average molecular weight is 285 g/mol. The summed E-state index contributed by atoms with van der Waals surface area (Å²) in [6.45, 7) is 2.90. The van der Waals surface area contributed by atoms with Gasteiger partial charge in [0.1, 0.15) is 0 Å². The molecule has 0 radical (unpaired) electrons. The van der Waals surface area contributed by atoms with E-state index in [9.17, 15) is 9.59 Å². The van der Waals surface area contributed by atoms with Gasteiger partial charge in [-0.25, -0.2) is 0 Å². The van der Waals surface area contributed by atoms with E-state index in [1.54, 1.807) is 0 Å². The number of carbonyl (C=O) groups is 2. The van der Waals surface area contributed by atoms with Gasteiger partial charge in [0, 0.05) is 43.3 Å². The lowest BCUT2D eigenvalue weighted by molar-refractivity contribution is -0.119. The van der Waals surface area contributed by atoms with Crippen molar-refractivity contribution in [3.8, 4) is 0 Å². The number of nitrogens with one attached hydrogen (secondary N) is 2. The van der Waals surface area contributed by atoms with E-state index in [4.69, 9.17) is 0 Å². The van der Waals surface area contributed by atoms with Crippen molar-refractivity contribution < 1.29 is 9.59 Å². The van der Waals surface area contributed by atoms with E-state index in [2.05, 4.69) is 10.3 Å². The number of hydrogen-bond donors (Lipinski definition) is 2. The molecule has 0 spiro atoms. The minimum atomic E-state index is -0.00280. The average Bonchev–Trinajstić information content (AvgIpc) is 2.94. The Morgan fingerprint density at radius 2 is 2.00 bits per heavy atom. The first kappa shape index (κ1) is 13.7. The van der Waals surface area contributed by atoms with Crippen LogP contribution in [0.15, 0.2) is 30.5 Å². The van der Waals surface area contributed by atoms with Crippen molar-refractivity contribution in [3.05, 3.63) is 36.0 Å². The summed E-state index contributed by atoms with van der Waals surface area (Å²) in [6.07, 6.45) is 3.50. The third-order valence-corrected chi connectivity index (χ3v) is 3.99. The second-order valence-electron chi connectivity index (χ2n) is 5.55. The van der Waals surface area contributed by atoms with Crippen molar-refractivity contribution in [2.45, 2.75) is 25.8 Å². The Morgan fingerprint density at radius 3 is 2.71 bits per heavy atom. The minimum absolute atomic E-state index is 0.00280. The van der Waals surface area contributed by atoms with Crippen molar-refractivity contribution in [2.75, 3.05) is 13.1 Å². The van der Waals surface area contributed by atoms with Crippen molar-refractivity contribution in [1.82, 2.24) is 15.2 Å². The van der Waals surface area contributed by atoms with E-state index in [1.807, 2.05) is 35.4 Å². The zero-order valence-electron chi connectivity index (χ0n) is 12.1. The van der Waals surface area contributed by atoms with E-state index in [1.165, 1.54) is 6.92 Å². The van der Waals surface area contributed by atoms with Crippen LogP contribution in [0.25, 0.3) is 10.9 Å². The lowest BCUT2D eigenvalue weighted by atomic mass is 10.0. The number of amides is 2. The lowest BCUT2D eigenvalue weighted by Crippen LogP contribution is -2.46. The Balaban J connectivity index is 1.67. The maximum absolute atomic E-state index is 12.5. The topological polar surface area (TPSA) is 65.2 Å². The summed E-state index contributed by atoms with van der Waals surface area (Å²) in [7, 11) is 0. The molecule has 1 aliphatic rings. The monoisotopic (exact) mass is 285 g/mol. The Bertz CT molecular complexity index is 669. The quantitative estimate of drug-likeness (QED) is 0.885. The minimum Gasteiger partial charge on any atom is -0.361 e. The highest BCUT2D eigenvalue weighted by Crippen LogP contribution is 2.18. The molecule has 1 fully saturated rings. The first-order valence-corrected chi connectivity index (χ1v) is 7.27. The van der Waals surface area contributed by atoms with E-state index in [0.717, 1.165) is 23.7 Å². The fourth-order valence-corrected chi connectivity index (χ4v) is 2.88. The number of carbonyl (C=O) groups excluding carboxylic acids is 2. The van der Waals surface area contributed by atoms with Gasteiger partial charge < -0.3 is 15.2 Å². The van der Waals surface area contributed by atoms with Gasteiger partial charge in [-0.1, -0.05) is 6.07 Å². The van der Waals surface area contributed by atoms with Crippen LogP contribution in [-0.4, -0.2) is 40.8 Å². The predicted octanol–water partition coefficient (Wildman–Crippen LogP) is 1.91. The van der Waals surface area contributed by atoms with Crippen LogP contribution in [0.5, 0.6) is 0 Å². The molecule has 1 aliphatic heterocycles. The third kappa shape index (κ3) is 2.91. The number of H-pyrrole nitrogens is 1. The Labute approximate surface area is 123 Å². The Kier molecular flexibility index (Phi) is 3.64. The number of nitrogens with zero attached hydrogens (tertiary/aromatic N) is 1. The maximum Gasteiger partial charge on any atom is 0.253 e. The van der Waals surface area contributed by atoms with E-state index >= 15 is 0 Å². The summed E-state index contributed by atoms with van der Waals surface area (Å²) in [5, 5.41) is 4.03. The standard InChI is InChI=1S/C16H19N3O2/c1-11(20)18-14-5-8-19(9-6-14)16(21)13-3-2-12-4-7-17-15(12)10-13/h2-4,7,10,14,17H,5-6,8-9H2,1H3,(H,18,20). The molecule has 5 nitrogen and oxygen atoms in total. The van der Waals surface area contributed by atoms with Crippen LogP contribution in [0, 0.1) is 0 Å². The molecule has 2 aromatic rings. The van der Waals surface area contributed by atoms with Gasteiger partial charge in [0.2, 0.25) is 5.91 Å². The van der Waals surface area contributed by atoms with Gasteiger partial charge in [0.15, 0.2) is 0 Å². The van der Waals surface area contributed by atoms with Crippen LogP contribution < -0.4 is 5.32 Å². The van der Waals surface area contributed by atoms with Crippen LogP contribution in [-0.2, 0) is 4.79 Å². The van der Waals surface area contributed by atoms with E-state index in [0.29, 0.717) is 18.7 Å². The SMILES string of the molecule is CC(=O)NC1CCN(C(=O)c2ccc3cc[nH]c3c2)CC1. The molecule has 110 valence electrons. The Hall–Kier alpha value is -2.30. The molecule has 21 heavy (non-hydrogen) atoms. The van der Waals surface area contributed by atoms with Gasteiger partial charge in [0.25, 0.3) is 5.91 Å². The summed E-state index contributed by atoms with van der Waals surface area (Å²) in [5.74, 6) is 0.0600. The fraction of sp³-hybridized carbons (Fsp3) is 0.375. The number of piperidine rings is 1. The van der Waals surface area contributed by atoms with Gasteiger partial charge in [-0.05, 0) is 36.4 Å². The molecule has 2 amide bonds. The molecule has 2 N–H and O–H groups in total. The molecule has 1 saturated heterocycles. The number of fused-ring (bicyclic) bond motifs is 1. The summed E-state index contributed by atoms with van der Waals surface area (Å²) >= 11 is 0. The molecular formula is C16H19N3O2. The van der Waals surface area contributed by atoms with Gasteiger partial charge in [-0.15, -0.1) is 0 Å². The smallest absolute Gasteiger partial charge is 0.253 e. The number of aromatic amines is 1. The summed E-state index contributed by atoms with van der Waals surface area (Å²) in [6, 6.07) is 7.92. The second kappa shape index (κ2) is 5.60. The van der Waals surface area contributed by atoms with Crippen LogP contribution in [0.2, 0.25) is 0 Å². The van der Waals surface area contributed by atoms with Gasteiger partial charge in [0.05, 0.1) is 0 Å². The van der Waals surface area contributed by atoms with Crippen molar-refractivity contribution in [1.29, 1.82) is 0 Å². The molecule has 1 aromatic heterocycles. The zero-order chi connectivity index (χ0) is 14.8. The highest BCUT2D eigenvalue weighted by molar-refractivity contribution is 5.98. The summed E-state index contributed by atoms with van der Waals surface area (Å²) in [5.41, 5.74) is 1.69. The number of aromatic nitrogens is 1. The molecule has 0 unspecified atom stereocenters. The van der Waals surface area contributed by atoms with Gasteiger partial charge in [-0.2, -0.15) is 0 Å². The molecule has 5 heteroatoms. The largest absolute Gasteiger partial charge is 0.361 e. The second-order valence-corrected chi connectivity index (χ2v) is 5.55. The van der Waals surface area contributed by atoms with Crippen LogP contribution in [0.4, 0.5) is 0 Å². The molecule has 0 aliphatic carbocycles. The number of hydrogen-bond acceptors (Lipinski definition) is 2. The highest BCUT2D eigenvalue weighted by atomic mass is 16.2. The third-order valence-electron chi connectivity index (χ3n) is 3.99. The maximum atomic E-state index is 12.5. The van der Waals surface area contributed by atoms with Crippen molar-refractivity contribution in [3.63, 3.8) is 0 Å². The number of likely N-dealkylation sites (tertiary alicyclic amines) is 1. The first-order valence-electron chi connectivity index (χ1n) is 7.27. The van der Waals surface area contributed by atoms with Crippen molar-refractivity contribution >= 4 is 22.7 Å². The predicted molar refractivity (Wildman–Crippen MR) is 81.0 cm³/mol. The normalized spacial score (nSPS) is 16.1. The molecule has 2 heterocycles. The lowest BCUT2D eigenvalue weighted by Gasteiger charge is -2.32. The summed E-state index contributed by atoms with van der Waals surface area (Å²) in [4.78, 5) is 28.6. The molecule has 0 saturated carbocycles. The summed E-state index contributed by atoms with van der Waals surface area (Å²) < 4.78 is 0. The molecule has 0 atom stereocenters. The van der Waals surface area contributed by atoms with Gasteiger partial charge in [-0.3, -0.25) is 9.59 Å². The van der Waals surface area contributed by atoms with Crippen LogP contribution in [0.1, 0.15) is 30.1 Å². The highest BCUT2D eigenvalue weighted by Gasteiger charge is 2.24. The molecule has 0 bridgehead atoms. The first-order chi connectivity index (χ1) is 10.1. The fourth-order valence-electron chi connectivity index (χ4n) is 2.88. The van der Waals surface area contributed by atoms with Gasteiger partial charge >= 0.3 is 0 Å². The number of benzene rings is 1.